The predicted octanol–water partition coefficient (Wildman–Crippen LogP) is 2.88. The second-order valence-corrected chi connectivity index (χ2v) is 4.49. The third kappa shape index (κ3) is 4.29. The van der Waals surface area contributed by atoms with Crippen LogP contribution >= 0.6 is 0 Å². The molecule has 1 aliphatic carbocycles. The molecule has 2 unspecified atom stereocenters. The summed E-state index contributed by atoms with van der Waals surface area (Å²) in [4.78, 5) is 11.2. The van der Waals surface area contributed by atoms with Crippen LogP contribution in [0.2, 0.25) is 0 Å². The zero-order valence-electron chi connectivity index (χ0n) is 11.7. The molecule has 0 aromatic carbocycles. The lowest BCUT2D eigenvalue weighted by Crippen LogP contribution is -2.29. The van der Waals surface area contributed by atoms with Gasteiger partial charge in [0.25, 0.3) is 0 Å². The van der Waals surface area contributed by atoms with Gasteiger partial charge in [0.2, 0.25) is 0 Å². The lowest BCUT2D eigenvalue weighted by atomic mass is 9.87. The van der Waals surface area contributed by atoms with Crippen LogP contribution in [0.5, 0.6) is 0 Å². The highest BCUT2D eigenvalue weighted by atomic mass is 16.5. The van der Waals surface area contributed by atoms with Crippen molar-refractivity contribution in [2.75, 3.05) is 6.61 Å². The smallest absolute Gasteiger partial charge is 0.335 e. The van der Waals surface area contributed by atoms with Gasteiger partial charge in [0.1, 0.15) is 12.4 Å². The van der Waals surface area contributed by atoms with Gasteiger partial charge in [0.15, 0.2) is 0 Å². The first-order chi connectivity index (χ1) is 9.63. The van der Waals surface area contributed by atoms with Crippen molar-refractivity contribution in [3.63, 3.8) is 0 Å². The fourth-order valence-corrected chi connectivity index (χ4v) is 2.15. The van der Waals surface area contributed by atoms with E-state index >= 15 is 0 Å². The van der Waals surface area contributed by atoms with Gasteiger partial charge in [-0.3, -0.25) is 0 Å². The van der Waals surface area contributed by atoms with Crippen LogP contribution in [0.3, 0.4) is 0 Å². The highest BCUT2D eigenvalue weighted by molar-refractivity contribution is 5.90. The number of unbranched alkanes of at least 4 members (excludes halogenated alkanes) is 1. The number of carboxylic acids is 1. The Morgan fingerprint density at radius 3 is 2.95 bits per heavy atom. The van der Waals surface area contributed by atoms with E-state index in [0.717, 1.165) is 19.3 Å². The molecule has 4 nitrogen and oxygen atoms in total. The molecule has 0 aromatic rings. The van der Waals surface area contributed by atoms with Gasteiger partial charge in [-0.15, -0.1) is 6.42 Å². The molecule has 2 atom stereocenters. The molecule has 0 saturated heterocycles. The average molecular weight is 276 g/mol. The minimum absolute atomic E-state index is 0.0376. The fraction of sp³-hybridized carbons (Fsp3) is 0.438. The molecule has 0 fully saturated rings. The Balaban J connectivity index is 3.01. The molecule has 0 bridgehead atoms. The molecule has 0 saturated carbocycles. The van der Waals surface area contributed by atoms with Gasteiger partial charge in [-0.1, -0.05) is 32.3 Å². The highest BCUT2D eigenvalue weighted by Gasteiger charge is 2.30. The average Bonchev–Trinajstić information content (AvgIpc) is 2.43. The summed E-state index contributed by atoms with van der Waals surface area (Å²) in [5, 5.41) is 9.14. The Morgan fingerprint density at radius 2 is 2.40 bits per heavy atom. The number of aliphatic carboxylic acids is 1. The van der Waals surface area contributed by atoms with Crippen LogP contribution in [0.1, 0.15) is 26.2 Å². The number of hydrogen-bond donors (Lipinski definition) is 1. The minimum Gasteiger partial charge on any atom is -0.478 e. The van der Waals surface area contributed by atoms with Crippen molar-refractivity contribution in [1.29, 1.82) is 0 Å². The molecular weight excluding hydrogens is 256 g/mol. The van der Waals surface area contributed by atoms with Crippen molar-refractivity contribution >= 4 is 5.97 Å². The Labute approximate surface area is 119 Å². The number of ether oxygens (including phenoxy) is 2. The Kier molecular flexibility index (Phi) is 6.61. The number of terminal acetylenes is 1. The first-order valence-corrected chi connectivity index (χ1v) is 6.63. The van der Waals surface area contributed by atoms with Crippen LogP contribution < -0.4 is 0 Å². The summed E-state index contributed by atoms with van der Waals surface area (Å²) in [5.74, 6) is 1.92. The molecule has 0 spiro atoms. The van der Waals surface area contributed by atoms with E-state index in [1.165, 1.54) is 12.3 Å². The molecule has 0 aromatic heterocycles. The lowest BCUT2D eigenvalue weighted by molar-refractivity contribution is -0.132. The SMILES string of the molecule is C#CCOC1C=C(C(=O)O)C=C(OC=C)C1CCCC. The fourth-order valence-electron chi connectivity index (χ4n) is 2.15. The maximum Gasteiger partial charge on any atom is 0.335 e. The minimum atomic E-state index is -1.02. The normalized spacial score (nSPS) is 21.4. The number of carboxylic acid groups (broad SMARTS) is 1. The molecule has 20 heavy (non-hydrogen) atoms. The summed E-state index contributed by atoms with van der Waals surface area (Å²) in [6, 6.07) is 0. The van der Waals surface area contributed by atoms with Crippen molar-refractivity contribution < 1.29 is 19.4 Å². The monoisotopic (exact) mass is 276 g/mol. The second-order valence-electron chi connectivity index (χ2n) is 4.49. The quantitative estimate of drug-likeness (QED) is 0.547. The summed E-state index contributed by atoms with van der Waals surface area (Å²) in [6.45, 7) is 5.75. The highest BCUT2D eigenvalue weighted by Crippen LogP contribution is 2.31. The van der Waals surface area contributed by atoms with Gasteiger partial charge in [0, 0.05) is 5.92 Å². The number of carbonyl (C=O) groups is 1. The van der Waals surface area contributed by atoms with Gasteiger partial charge in [0.05, 0.1) is 17.9 Å². The Bertz CT molecular complexity index is 454. The van der Waals surface area contributed by atoms with E-state index in [1.54, 1.807) is 6.08 Å². The summed E-state index contributed by atoms with van der Waals surface area (Å²) in [6.07, 6.45) is 12.1. The zero-order valence-corrected chi connectivity index (χ0v) is 11.7. The summed E-state index contributed by atoms with van der Waals surface area (Å²) in [7, 11) is 0. The summed E-state index contributed by atoms with van der Waals surface area (Å²) in [5.41, 5.74) is 0.150. The lowest BCUT2D eigenvalue weighted by Gasteiger charge is -2.29. The van der Waals surface area contributed by atoms with Gasteiger partial charge < -0.3 is 14.6 Å². The van der Waals surface area contributed by atoms with Crippen LogP contribution in [0.4, 0.5) is 0 Å². The van der Waals surface area contributed by atoms with E-state index in [1.807, 2.05) is 0 Å². The molecule has 1 N–H and O–H groups in total. The molecule has 4 heteroatoms. The third-order valence-electron chi connectivity index (χ3n) is 3.10. The Hall–Kier alpha value is -1.99. The number of rotatable bonds is 8. The van der Waals surface area contributed by atoms with Crippen molar-refractivity contribution in [3.8, 4) is 12.3 Å². The summed E-state index contributed by atoms with van der Waals surface area (Å²) >= 11 is 0. The molecule has 0 aliphatic heterocycles. The number of hydrogen-bond acceptors (Lipinski definition) is 3. The van der Waals surface area contributed by atoms with E-state index in [4.69, 9.17) is 21.0 Å². The van der Waals surface area contributed by atoms with Crippen molar-refractivity contribution in [3.05, 3.63) is 36.3 Å². The topological polar surface area (TPSA) is 55.8 Å². The van der Waals surface area contributed by atoms with Crippen molar-refractivity contribution in [1.82, 2.24) is 0 Å². The zero-order chi connectivity index (χ0) is 15.0. The van der Waals surface area contributed by atoms with Gasteiger partial charge in [-0.2, -0.15) is 0 Å². The Morgan fingerprint density at radius 1 is 1.65 bits per heavy atom. The molecule has 108 valence electrons. The molecule has 0 heterocycles. The molecule has 1 rings (SSSR count). The standard InChI is InChI=1S/C16H20O4/c1-4-7-8-13-14(19-6-3)10-12(16(17)18)11-15(13)20-9-5-2/h2,6,10-11,13,15H,3-4,7-9H2,1H3,(H,17,18). The molecule has 0 amide bonds. The second kappa shape index (κ2) is 8.23. The van der Waals surface area contributed by atoms with E-state index < -0.39 is 5.97 Å². The molecule has 1 aliphatic rings. The third-order valence-corrected chi connectivity index (χ3v) is 3.10. The van der Waals surface area contributed by atoms with Crippen molar-refractivity contribution in [2.24, 2.45) is 5.92 Å². The first kappa shape index (κ1) is 16.1. The van der Waals surface area contributed by atoms with Crippen molar-refractivity contribution in [2.45, 2.75) is 32.3 Å². The van der Waals surface area contributed by atoms with Gasteiger partial charge in [-0.25, -0.2) is 4.79 Å². The molecular formula is C16H20O4. The van der Waals surface area contributed by atoms with Crippen LogP contribution in [0.25, 0.3) is 0 Å². The first-order valence-electron chi connectivity index (χ1n) is 6.63. The maximum absolute atomic E-state index is 11.2. The summed E-state index contributed by atoms with van der Waals surface area (Å²) < 4.78 is 10.9. The van der Waals surface area contributed by atoms with Crippen LogP contribution in [-0.2, 0) is 14.3 Å². The predicted molar refractivity (Wildman–Crippen MR) is 76.7 cm³/mol. The van der Waals surface area contributed by atoms with E-state index in [2.05, 4.69) is 19.4 Å². The van der Waals surface area contributed by atoms with Crippen LogP contribution in [0, 0.1) is 18.3 Å². The van der Waals surface area contributed by atoms with E-state index in [0.29, 0.717) is 5.76 Å². The van der Waals surface area contributed by atoms with E-state index in [9.17, 15) is 4.79 Å². The largest absolute Gasteiger partial charge is 0.478 e. The van der Waals surface area contributed by atoms with Crippen LogP contribution in [-0.4, -0.2) is 23.8 Å². The van der Waals surface area contributed by atoms with Gasteiger partial charge >= 0.3 is 5.97 Å². The van der Waals surface area contributed by atoms with Crippen LogP contribution in [0.15, 0.2) is 36.3 Å². The van der Waals surface area contributed by atoms with Gasteiger partial charge in [-0.05, 0) is 18.6 Å². The molecule has 0 radical (unpaired) electrons. The maximum atomic E-state index is 11.2. The van der Waals surface area contributed by atoms with E-state index in [-0.39, 0.29) is 24.2 Å².